The zero-order valence-electron chi connectivity index (χ0n) is 63.7. The van der Waals surface area contributed by atoms with E-state index in [1.165, 1.54) is 193 Å². The van der Waals surface area contributed by atoms with Crippen LogP contribution in [-0.2, 0) is 65.4 Å². The van der Waals surface area contributed by atoms with Gasteiger partial charge in [-0.3, -0.25) is 37.3 Å². The molecule has 0 aliphatic carbocycles. The highest BCUT2D eigenvalue weighted by molar-refractivity contribution is 7.47. The first kappa shape index (κ1) is 95.1. The van der Waals surface area contributed by atoms with E-state index in [2.05, 4.69) is 55.4 Å². The SMILES string of the molecule is CCC(C)CCCCCCCCCCCCCCCCC(=O)O[C@H](COC(=O)CCCCCCCCCCCCCCCCCCCCC(C)C)COP(=O)(O)OC[C@@H](O)COP(=O)(O)OC[C@@H](COC(=O)CCCCCCCCC(C)C)OC(=O)CCCCCCCCC(C)C. The molecule has 0 rings (SSSR count). The summed E-state index contributed by atoms with van der Waals surface area (Å²) in [4.78, 5) is 72.7. The summed E-state index contributed by atoms with van der Waals surface area (Å²) in [6.45, 7) is 14.1. The fourth-order valence-electron chi connectivity index (χ4n) is 11.9. The Bertz CT molecular complexity index is 1900. The monoisotopic (exact) mass is 1420 g/mol. The second-order valence-corrected chi connectivity index (χ2v) is 32.7. The molecule has 576 valence electrons. The molecule has 3 unspecified atom stereocenters. The van der Waals surface area contributed by atoms with E-state index in [0.29, 0.717) is 37.5 Å². The molecule has 3 N–H and O–H groups in total. The number of unbranched alkanes of at least 4 members (excludes halogenated alkanes) is 40. The van der Waals surface area contributed by atoms with Gasteiger partial charge in [0.1, 0.15) is 19.3 Å². The lowest BCUT2D eigenvalue weighted by molar-refractivity contribution is -0.161. The van der Waals surface area contributed by atoms with Crippen molar-refractivity contribution in [2.24, 2.45) is 23.7 Å². The van der Waals surface area contributed by atoms with Crippen molar-refractivity contribution in [1.29, 1.82) is 0 Å². The highest BCUT2D eigenvalue weighted by Gasteiger charge is 2.30. The van der Waals surface area contributed by atoms with Gasteiger partial charge in [0.15, 0.2) is 12.2 Å². The van der Waals surface area contributed by atoms with E-state index in [1.54, 1.807) is 0 Å². The maximum atomic E-state index is 13.1. The van der Waals surface area contributed by atoms with Crippen molar-refractivity contribution >= 4 is 39.5 Å². The van der Waals surface area contributed by atoms with Gasteiger partial charge in [0.2, 0.25) is 0 Å². The predicted octanol–water partition coefficient (Wildman–Crippen LogP) is 22.8. The maximum absolute atomic E-state index is 13.1. The van der Waals surface area contributed by atoms with Crippen LogP contribution >= 0.6 is 15.6 Å². The molecule has 6 atom stereocenters. The summed E-state index contributed by atoms with van der Waals surface area (Å²) >= 11 is 0. The number of aliphatic hydroxyl groups excluding tert-OH is 1. The highest BCUT2D eigenvalue weighted by Crippen LogP contribution is 2.45. The summed E-state index contributed by atoms with van der Waals surface area (Å²) < 4.78 is 68.5. The quantitative estimate of drug-likeness (QED) is 0.0222. The molecule has 0 saturated heterocycles. The van der Waals surface area contributed by atoms with Crippen LogP contribution in [0.15, 0.2) is 0 Å². The average Bonchev–Trinajstić information content (AvgIpc) is 1.92. The number of rotatable bonds is 75. The summed E-state index contributed by atoms with van der Waals surface area (Å²) in [6.07, 6.45) is 53.2. The van der Waals surface area contributed by atoms with Crippen LogP contribution in [0.25, 0.3) is 0 Å². The Morgan fingerprint density at radius 2 is 0.495 bits per heavy atom. The molecule has 17 nitrogen and oxygen atoms in total. The molecular weight excluding hydrogens is 1270 g/mol. The molecule has 0 aliphatic rings. The molecule has 0 aromatic rings. The zero-order chi connectivity index (χ0) is 71.7. The number of hydrogen-bond acceptors (Lipinski definition) is 15. The zero-order valence-corrected chi connectivity index (χ0v) is 65.5. The molecule has 0 saturated carbocycles. The molecule has 0 amide bonds. The van der Waals surface area contributed by atoms with Gasteiger partial charge in [-0.1, -0.05) is 344 Å². The molecule has 0 aliphatic heterocycles. The third-order valence-electron chi connectivity index (χ3n) is 18.4. The van der Waals surface area contributed by atoms with Crippen molar-refractivity contribution in [3.05, 3.63) is 0 Å². The number of carbonyl (C=O) groups is 4. The van der Waals surface area contributed by atoms with Gasteiger partial charge in [-0.25, -0.2) is 9.13 Å². The standard InChI is InChI=1S/C78H152O17P2/c1-9-71(8)57-49-41-31-27-23-19-16-17-21-25-29-33-44-52-60-77(82)94-73(64-88-75(80)58-50-42-32-28-24-20-15-13-11-10-12-14-18-22-26-30-38-46-54-68(2)3)66-92-96(84,85)90-62-72(79)63-91-97(86,87)93-67-74(95-78(83)61-53-45-37-35-40-48-56-70(6)7)65-89-76(81)59-51-43-36-34-39-47-55-69(4)5/h68-74,79H,9-67H2,1-8H3,(H,84,85)(H,86,87)/t71?,72-,73-,74-/m1/s1. The van der Waals surface area contributed by atoms with Gasteiger partial charge in [-0.2, -0.15) is 0 Å². The Morgan fingerprint density at radius 1 is 0.289 bits per heavy atom. The summed E-state index contributed by atoms with van der Waals surface area (Å²) in [7, 11) is -9.91. The molecule has 19 heteroatoms. The Balaban J connectivity index is 5.17. The Kier molecular flexibility index (Phi) is 65.9. The molecule has 0 aromatic carbocycles. The highest BCUT2D eigenvalue weighted by atomic mass is 31.2. The van der Waals surface area contributed by atoms with Crippen LogP contribution in [0.1, 0.15) is 396 Å². The smallest absolute Gasteiger partial charge is 0.462 e. The first-order valence-corrected chi connectivity index (χ1v) is 43.2. The lowest BCUT2D eigenvalue weighted by Gasteiger charge is -2.21. The number of carbonyl (C=O) groups excluding carboxylic acids is 4. The number of ether oxygens (including phenoxy) is 4. The summed E-state index contributed by atoms with van der Waals surface area (Å²) in [6, 6.07) is 0. The third kappa shape index (κ3) is 70.9. The van der Waals surface area contributed by atoms with Crippen LogP contribution in [0.5, 0.6) is 0 Å². The lowest BCUT2D eigenvalue weighted by atomic mass is 9.99. The minimum Gasteiger partial charge on any atom is -0.462 e. The molecule has 0 aromatic heterocycles. The van der Waals surface area contributed by atoms with Crippen molar-refractivity contribution in [1.82, 2.24) is 0 Å². The number of esters is 4. The van der Waals surface area contributed by atoms with E-state index in [1.807, 2.05) is 0 Å². The lowest BCUT2D eigenvalue weighted by Crippen LogP contribution is -2.30. The van der Waals surface area contributed by atoms with E-state index in [4.69, 9.17) is 37.0 Å². The molecule has 0 radical (unpaired) electrons. The van der Waals surface area contributed by atoms with Crippen molar-refractivity contribution < 1.29 is 80.2 Å². The van der Waals surface area contributed by atoms with Crippen molar-refractivity contribution in [2.75, 3.05) is 39.6 Å². The fourth-order valence-corrected chi connectivity index (χ4v) is 13.5. The third-order valence-corrected chi connectivity index (χ3v) is 20.3. The van der Waals surface area contributed by atoms with Gasteiger partial charge < -0.3 is 33.8 Å². The topological polar surface area (TPSA) is 237 Å². The molecule has 0 heterocycles. The van der Waals surface area contributed by atoms with Crippen molar-refractivity contribution in [2.45, 2.75) is 414 Å². The fraction of sp³-hybridized carbons (Fsp3) is 0.949. The van der Waals surface area contributed by atoms with Gasteiger partial charge in [0.25, 0.3) is 0 Å². The van der Waals surface area contributed by atoms with Gasteiger partial charge in [0.05, 0.1) is 26.4 Å². The second-order valence-electron chi connectivity index (χ2n) is 29.8. The molecule has 0 bridgehead atoms. The maximum Gasteiger partial charge on any atom is 0.472 e. The van der Waals surface area contributed by atoms with Crippen LogP contribution in [-0.4, -0.2) is 96.7 Å². The second kappa shape index (κ2) is 67.2. The van der Waals surface area contributed by atoms with E-state index >= 15 is 0 Å². The van der Waals surface area contributed by atoms with Crippen LogP contribution in [0, 0.1) is 23.7 Å². The average molecular weight is 1420 g/mol. The van der Waals surface area contributed by atoms with Gasteiger partial charge >= 0.3 is 39.5 Å². The van der Waals surface area contributed by atoms with Crippen molar-refractivity contribution in [3.8, 4) is 0 Å². The normalized spacial score (nSPS) is 14.4. The minimum atomic E-state index is -4.96. The summed E-state index contributed by atoms with van der Waals surface area (Å²) in [5.74, 6) is 0.892. The van der Waals surface area contributed by atoms with E-state index in [0.717, 1.165) is 108 Å². The van der Waals surface area contributed by atoms with Crippen LogP contribution in [0.2, 0.25) is 0 Å². The van der Waals surface area contributed by atoms with Gasteiger partial charge in [-0.05, 0) is 49.4 Å². The molecule has 0 spiro atoms. The molecular formula is C78H152O17P2. The first-order chi connectivity index (χ1) is 46.6. The van der Waals surface area contributed by atoms with Crippen molar-refractivity contribution in [3.63, 3.8) is 0 Å². The van der Waals surface area contributed by atoms with Crippen LogP contribution < -0.4 is 0 Å². The molecule has 0 fully saturated rings. The number of hydrogen-bond donors (Lipinski definition) is 3. The van der Waals surface area contributed by atoms with Gasteiger partial charge in [0, 0.05) is 25.7 Å². The van der Waals surface area contributed by atoms with E-state index in [9.17, 15) is 43.2 Å². The van der Waals surface area contributed by atoms with Gasteiger partial charge in [-0.15, -0.1) is 0 Å². The first-order valence-electron chi connectivity index (χ1n) is 40.2. The number of aliphatic hydroxyl groups is 1. The van der Waals surface area contributed by atoms with Crippen LogP contribution in [0.3, 0.4) is 0 Å². The van der Waals surface area contributed by atoms with E-state index in [-0.39, 0.29) is 25.7 Å². The number of phosphoric acid groups is 2. The minimum absolute atomic E-state index is 0.101. The summed E-state index contributed by atoms with van der Waals surface area (Å²) in [5, 5.41) is 10.6. The van der Waals surface area contributed by atoms with E-state index < -0.39 is 97.5 Å². The predicted molar refractivity (Wildman–Crippen MR) is 395 cm³/mol. The largest absolute Gasteiger partial charge is 0.472 e. The number of phosphoric ester groups is 2. The molecule has 97 heavy (non-hydrogen) atoms. The Morgan fingerprint density at radius 3 is 0.732 bits per heavy atom. The summed E-state index contributed by atoms with van der Waals surface area (Å²) in [5.41, 5.74) is 0. The van der Waals surface area contributed by atoms with Crippen LogP contribution in [0.4, 0.5) is 0 Å². The Hall–Kier alpha value is -1.94. The Labute approximate surface area is 594 Å².